The number of nitrogen functional groups attached to an aromatic ring is 1. The average Bonchev–Trinajstić information content (AvgIpc) is 2.74. The second-order valence-electron chi connectivity index (χ2n) is 5.36. The predicted molar refractivity (Wildman–Crippen MR) is 74.7 cm³/mol. The highest BCUT2D eigenvalue weighted by molar-refractivity contribution is 7.89. The van der Waals surface area contributed by atoms with Crippen LogP contribution in [0.5, 0.6) is 0 Å². The summed E-state index contributed by atoms with van der Waals surface area (Å²) in [5.41, 5.74) is 4.60. The summed E-state index contributed by atoms with van der Waals surface area (Å²) in [5, 5.41) is 11.0. The standard InChI is InChI=1S/C12H17N3O4S/c1-12(6-2-3-7-12)14-20(18,19)11-5-4-9(13)8-10(11)15(16)17/h4-5,8,14H,2-3,6-7,13H2,1H3. The van der Waals surface area contributed by atoms with E-state index in [2.05, 4.69) is 4.72 Å². The van der Waals surface area contributed by atoms with Crippen LogP contribution in [0.3, 0.4) is 0 Å². The van der Waals surface area contributed by atoms with Gasteiger partial charge in [-0.1, -0.05) is 12.8 Å². The molecule has 0 spiro atoms. The molecule has 0 unspecified atom stereocenters. The summed E-state index contributed by atoms with van der Waals surface area (Å²) in [5.74, 6) is 0. The van der Waals surface area contributed by atoms with Crippen LogP contribution in [0.1, 0.15) is 32.6 Å². The van der Waals surface area contributed by atoms with Gasteiger partial charge in [0.25, 0.3) is 5.69 Å². The van der Waals surface area contributed by atoms with Gasteiger partial charge in [-0.15, -0.1) is 0 Å². The largest absolute Gasteiger partial charge is 0.399 e. The Morgan fingerprint density at radius 2 is 1.95 bits per heavy atom. The fourth-order valence-corrected chi connectivity index (χ4v) is 4.16. The number of hydrogen-bond acceptors (Lipinski definition) is 5. The maximum Gasteiger partial charge on any atom is 0.291 e. The first-order valence-corrected chi connectivity index (χ1v) is 7.80. The van der Waals surface area contributed by atoms with Crippen LogP contribution in [-0.4, -0.2) is 18.9 Å². The second-order valence-corrected chi connectivity index (χ2v) is 7.01. The van der Waals surface area contributed by atoms with E-state index < -0.39 is 26.2 Å². The van der Waals surface area contributed by atoms with Crippen molar-refractivity contribution < 1.29 is 13.3 Å². The van der Waals surface area contributed by atoms with Crippen molar-refractivity contribution in [3.05, 3.63) is 28.3 Å². The van der Waals surface area contributed by atoms with Crippen molar-refractivity contribution in [1.82, 2.24) is 4.72 Å². The first kappa shape index (κ1) is 14.7. The van der Waals surface area contributed by atoms with Crippen LogP contribution >= 0.6 is 0 Å². The lowest BCUT2D eigenvalue weighted by atomic mass is 10.0. The van der Waals surface area contributed by atoms with Crippen molar-refractivity contribution in [3.63, 3.8) is 0 Å². The van der Waals surface area contributed by atoms with E-state index in [1.165, 1.54) is 12.1 Å². The van der Waals surface area contributed by atoms with Gasteiger partial charge in [-0.2, -0.15) is 0 Å². The fourth-order valence-electron chi connectivity index (χ4n) is 2.54. The molecule has 0 atom stereocenters. The number of benzene rings is 1. The molecular weight excluding hydrogens is 282 g/mol. The summed E-state index contributed by atoms with van der Waals surface area (Å²) < 4.78 is 27.3. The molecule has 3 N–H and O–H groups in total. The minimum Gasteiger partial charge on any atom is -0.399 e. The number of nitrogens with one attached hydrogen (secondary N) is 1. The number of nitrogens with two attached hydrogens (primary N) is 1. The van der Waals surface area contributed by atoms with Crippen LogP contribution in [0.2, 0.25) is 0 Å². The van der Waals surface area contributed by atoms with Gasteiger partial charge in [0, 0.05) is 17.3 Å². The highest BCUT2D eigenvalue weighted by Crippen LogP contribution is 2.32. The molecule has 1 fully saturated rings. The van der Waals surface area contributed by atoms with Crippen molar-refractivity contribution in [3.8, 4) is 0 Å². The molecule has 8 heteroatoms. The van der Waals surface area contributed by atoms with E-state index in [1.807, 2.05) is 6.92 Å². The summed E-state index contributed by atoms with van der Waals surface area (Å²) in [6, 6.07) is 3.58. The molecule has 0 bridgehead atoms. The number of nitro groups is 1. The quantitative estimate of drug-likeness (QED) is 0.499. The van der Waals surface area contributed by atoms with E-state index in [4.69, 9.17) is 5.73 Å². The molecule has 0 aromatic heterocycles. The van der Waals surface area contributed by atoms with Gasteiger partial charge in [-0.25, -0.2) is 13.1 Å². The van der Waals surface area contributed by atoms with Gasteiger partial charge in [0.15, 0.2) is 4.90 Å². The van der Waals surface area contributed by atoms with Gasteiger partial charge in [-0.3, -0.25) is 10.1 Å². The summed E-state index contributed by atoms with van der Waals surface area (Å²) in [7, 11) is -3.94. The zero-order chi connectivity index (χ0) is 15.0. The Morgan fingerprint density at radius 3 is 2.50 bits per heavy atom. The smallest absolute Gasteiger partial charge is 0.291 e. The van der Waals surface area contributed by atoms with E-state index >= 15 is 0 Å². The van der Waals surface area contributed by atoms with Gasteiger partial charge in [0.05, 0.1) is 4.92 Å². The van der Waals surface area contributed by atoms with Crippen LogP contribution in [0.15, 0.2) is 23.1 Å². The molecule has 0 saturated heterocycles. The molecule has 1 aliphatic rings. The topological polar surface area (TPSA) is 115 Å². The van der Waals surface area contributed by atoms with E-state index in [-0.39, 0.29) is 10.6 Å². The zero-order valence-electron chi connectivity index (χ0n) is 11.1. The molecule has 0 aliphatic heterocycles. The van der Waals surface area contributed by atoms with Crippen LogP contribution in [-0.2, 0) is 10.0 Å². The number of anilines is 1. The van der Waals surface area contributed by atoms with Gasteiger partial charge < -0.3 is 5.73 Å². The number of nitro benzene ring substituents is 1. The van der Waals surface area contributed by atoms with Crippen molar-refractivity contribution >= 4 is 21.4 Å². The predicted octanol–water partition coefficient (Wildman–Crippen LogP) is 1.79. The van der Waals surface area contributed by atoms with Crippen molar-refractivity contribution in [2.45, 2.75) is 43.0 Å². The maximum absolute atomic E-state index is 12.4. The third-order valence-corrected chi connectivity index (χ3v) is 5.24. The van der Waals surface area contributed by atoms with Crippen LogP contribution < -0.4 is 10.5 Å². The van der Waals surface area contributed by atoms with Crippen LogP contribution in [0, 0.1) is 10.1 Å². The highest BCUT2D eigenvalue weighted by atomic mass is 32.2. The zero-order valence-corrected chi connectivity index (χ0v) is 11.9. The van der Waals surface area contributed by atoms with Gasteiger partial charge >= 0.3 is 0 Å². The normalized spacial score (nSPS) is 18.1. The molecule has 0 amide bonds. The number of hydrogen-bond donors (Lipinski definition) is 2. The summed E-state index contributed by atoms with van der Waals surface area (Å²) >= 11 is 0. The van der Waals surface area contributed by atoms with Crippen molar-refractivity contribution in [2.24, 2.45) is 0 Å². The minimum atomic E-state index is -3.94. The second kappa shape index (κ2) is 5.02. The molecule has 1 aliphatic carbocycles. The summed E-state index contributed by atoms with van der Waals surface area (Å²) in [6.45, 7) is 1.82. The molecule has 110 valence electrons. The molecular formula is C12H17N3O4S. The fraction of sp³-hybridized carbons (Fsp3) is 0.500. The van der Waals surface area contributed by atoms with Crippen LogP contribution in [0.25, 0.3) is 0 Å². The first-order chi connectivity index (χ1) is 9.23. The molecule has 0 heterocycles. The Morgan fingerprint density at radius 1 is 1.35 bits per heavy atom. The lowest BCUT2D eigenvalue weighted by Crippen LogP contribution is -2.43. The maximum atomic E-state index is 12.4. The Hall–Kier alpha value is -1.67. The lowest BCUT2D eigenvalue weighted by molar-refractivity contribution is -0.387. The molecule has 1 saturated carbocycles. The van der Waals surface area contributed by atoms with E-state index in [1.54, 1.807) is 0 Å². The Balaban J connectivity index is 2.41. The number of rotatable bonds is 4. The van der Waals surface area contributed by atoms with Crippen molar-refractivity contribution in [1.29, 1.82) is 0 Å². The third kappa shape index (κ3) is 2.91. The SMILES string of the molecule is CC1(NS(=O)(=O)c2ccc(N)cc2[N+](=O)[O-])CCCC1. The molecule has 2 rings (SSSR count). The lowest BCUT2D eigenvalue weighted by Gasteiger charge is -2.24. The molecule has 0 radical (unpaired) electrons. The third-order valence-electron chi connectivity index (χ3n) is 3.56. The molecule has 1 aromatic carbocycles. The van der Waals surface area contributed by atoms with Crippen LogP contribution in [0.4, 0.5) is 11.4 Å². The minimum absolute atomic E-state index is 0.155. The first-order valence-electron chi connectivity index (χ1n) is 6.31. The molecule has 20 heavy (non-hydrogen) atoms. The Labute approximate surface area is 117 Å². The number of nitrogens with zero attached hydrogens (tertiary/aromatic N) is 1. The van der Waals surface area contributed by atoms with E-state index in [0.29, 0.717) is 0 Å². The van der Waals surface area contributed by atoms with Gasteiger partial charge in [-0.05, 0) is 31.9 Å². The van der Waals surface area contributed by atoms with Gasteiger partial charge in [0.2, 0.25) is 10.0 Å². The van der Waals surface area contributed by atoms with Crippen molar-refractivity contribution in [2.75, 3.05) is 5.73 Å². The van der Waals surface area contributed by atoms with E-state index in [0.717, 1.165) is 31.7 Å². The molecule has 1 aromatic rings. The Bertz CT molecular complexity index is 636. The summed E-state index contributed by atoms with van der Waals surface area (Å²) in [4.78, 5) is 9.92. The summed E-state index contributed by atoms with van der Waals surface area (Å²) in [6.07, 6.45) is 3.36. The monoisotopic (exact) mass is 299 g/mol. The highest BCUT2D eigenvalue weighted by Gasteiger charge is 2.36. The average molecular weight is 299 g/mol. The van der Waals surface area contributed by atoms with Gasteiger partial charge in [0.1, 0.15) is 0 Å². The van der Waals surface area contributed by atoms with E-state index in [9.17, 15) is 18.5 Å². The Kier molecular flexibility index (Phi) is 3.70. The number of sulfonamides is 1. The molecule has 7 nitrogen and oxygen atoms in total.